The Kier molecular flexibility index (Phi) is 5.31. The van der Waals surface area contributed by atoms with Gasteiger partial charge in [0.1, 0.15) is 5.75 Å². The van der Waals surface area contributed by atoms with Gasteiger partial charge in [-0.3, -0.25) is 4.79 Å². The summed E-state index contributed by atoms with van der Waals surface area (Å²) < 4.78 is 5.82. The predicted octanol–water partition coefficient (Wildman–Crippen LogP) is 4.96. The average Bonchev–Trinajstić information content (AvgIpc) is 3.26. The van der Waals surface area contributed by atoms with Crippen molar-refractivity contribution in [2.45, 2.75) is 46.1 Å². The van der Waals surface area contributed by atoms with E-state index in [9.17, 15) is 4.79 Å². The van der Waals surface area contributed by atoms with Crippen LogP contribution in [0.3, 0.4) is 0 Å². The van der Waals surface area contributed by atoms with Crippen LogP contribution in [0.15, 0.2) is 12.1 Å². The molecule has 1 saturated carbocycles. The van der Waals surface area contributed by atoms with Gasteiger partial charge in [0.25, 0.3) is 0 Å². The van der Waals surface area contributed by atoms with Crippen molar-refractivity contribution in [3.63, 3.8) is 0 Å². The molecule has 132 valence electrons. The molecule has 1 aromatic rings. The maximum absolute atomic E-state index is 12.6. The number of amides is 1. The Hall–Kier alpha value is -0.930. The Bertz CT molecular complexity index is 634. The van der Waals surface area contributed by atoms with Gasteiger partial charge in [-0.05, 0) is 62.1 Å². The standard InChI is InChI=1S/C19H25Cl2NO2/c1-11(10-24-18-5-12(2)16(20)8-17(18)21)4-19(23)22-9-15-7-14(15)6-13(22)3/h5,8,11,13-15H,4,6-7,9-10H2,1-3H3. The summed E-state index contributed by atoms with van der Waals surface area (Å²) in [6.07, 6.45) is 2.99. The molecule has 1 saturated heterocycles. The molecular formula is C19H25Cl2NO2. The van der Waals surface area contributed by atoms with Crippen molar-refractivity contribution in [1.29, 1.82) is 0 Å². The summed E-state index contributed by atoms with van der Waals surface area (Å²) in [5.41, 5.74) is 0.931. The minimum Gasteiger partial charge on any atom is -0.492 e. The molecule has 0 N–H and O–H groups in total. The van der Waals surface area contributed by atoms with Crippen LogP contribution in [0.5, 0.6) is 5.75 Å². The van der Waals surface area contributed by atoms with Crippen LogP contribution in [-0.4, -0.2) is 30.0 Å². The van der Waals surface area contributed by atoms with Gasteiger partial charge >= 0.3 is 0 Å². The highest BCUT2D eigenvalue weighted by molar-refractivity contribution is 6.35. The molecule has 4 unspecified atom stereocenters. The zero-order valence-corrected chi connectivity index (χ0v) is 16.0. The number of likely N-dealkylation sites (tertiary alicyclic amines) is 1. The number of aryl methyl sites for hydroxylation is 1. The van der Waals surface area contributed by atoms with Crippen LogP contribution < -0.4 is 4.74 Å². The van der Waals surface area contributed by atoms with Gasteiger partial charge in [-0.15, -0.1) is 0 Å². The maximum Gasteiger partial charge on any atom is 0.223 e. The second-order valence-electron chi connectivity index (χ2n) is 7.54. The van der Waals surface area contributed by atoms with Crippen LogP contribution in [0.4, 0.5) is 0 Å². The van der Waals surface area contributed by atoms with E-state index < -0.39 is 0 Å². The van der Waals surface area contributed by atoms with E-state index >= 15 is 0 Å². The first-order chi connectivity index (χ1) is 11.3. The van der Waals surface area contributed by atoms with Gasteiger partial charge in [-0.2, -0.15) is 0 Å². The van der Waals surface area contributed by atoms with E-state index in [0.29, 0.717) is 34.9 Å². The fourth-order valence-corrected chi connectivity index (χ4v) is 4.05. The molecule has 0 radical (unpaired) electrons. The molecule has 1 heterocycles. The van der Waals surface area contributed by atoms with E-state index in [4.69, 9.17) is 27.9 Å². The summed E-state index contributed by atoms with van der Waals surface area (Å²) in [6.45, 7) is 7.55. The van der Waals surface area contributed by atoms with Crippen LogP contribution in [0.2, 0.25) is 10.0 Å². The molecule has 0 spiro atoms. The number of rotatable bonds is 5. The second kappa shape index (κ2) is 7.13. The number of hydrogen-bond acceptors (Lipinski definition) is 2. The summed E-state index contributed by atoms with van der Waals surface area (Å²) in [6, 6.07) is 3.92. The van der Waals surface area contributed by atoms with Gasteiger partial charge < -0.3 is 9.64 Å². The number of hydrogen-bond donors (Lipinski definition) is 0. The van der Waals surface area contributed by atoms with Crippen LogP contribution in [0, 0.1) is 24.7 Å². The van der Waals surface area contributed by atoms with Crippen molar-refractivity contribution >= 4 is 29.1 Å². The lowest BCUT2D eigenvalue weighted by atomic mass is 10.0. The van der Waals surface area contributed by atoms with E-state index in [1.54, 1.807) is 6.07 Å². The van der Waals surface area contributed by atoms with Gasteiger partial charge in [0, 0.05) is 24.0 Å². The molecule has 0 bridgehead atoms. The van der Waals surface area contributed by atoms with Crippen LogP contribution in [0.1, 0.15) is 38.7 Å². The van der Waals surface area contributed by atoms with Gasteiger partial charge in [-0.1, -0.05) is 30.1 Å². The first kappa shape index (κ1) is 17.9. The minimum atomic E-state index is 0.147. The van der Waals surface area contributed by atoms with Gasteiger partial charge in [0.15, 0.2) is 0 Å². The fraction of sp³-hybridized carbons (Fsp3) is 0.632. The van der Waals surface area contributed by atoms with Gasteiger partial charge in [-0.25, -0.2) is 0 Å². The van der Waals surface area contributed by atoms with Crippen LogP contribution in [-0.2, 0) is 4.79 Å². The molecule has 1 aromatic carbocycles. The molecule has 4 atom stereocenters. The van der Waals surface area contributed by atoms with E-state index in [2.05, 4.69) is 11.8 Å². The smallest absolute Gasteiger partial charge is 0.223 e. The molecule has 2 fully saturated rings. The van der Waals surface area contributed by atoms with Crippen LogP contribution >= 0.6 is 23.2 Å². The quantitative estimate of drug-likeness (QED) is 0.733. The lowest BCUT2D eigenvalue weighted by Crippen LogP contribution is -2.43. The van der Waals surface area contributed by atoms with E-state index in [-0.39, 0.29) is 11.8 Å². The number of carbonyl (C=O) groups excluding carboxylic acids is 1. The largest absolute Gasteiger partial charge is 0.492 e. The summed E-state index contributed by atoms with van der Waals surface area (Å²) in [5, 5.41) is 1.14. The fourth-order valence-electron chi connectivity index (χ4n) is 3.62. The van der Waals surface area contributed by atoms with Crippen molar-refractivity contribution in [2.24, 2.45) is 17.8 Å². The third-order valence-corrected chi connectivity index (χ3v) is 5.96. The molecule has 0 aromatic heterocycles. The molecular weight excluding hydrogens is 345 g/mol. The van der Waals surface area contributed by atoms with Crippen LogP contribution in [0.25, 0.3) is 0 Å². The monoisotopic (exact) mass is 369 g/mol. The van der Waals surface area contributed by atoms with Crippen molar-refractivity contribution < 1.29 is 9.53 Å². The van der Waals surface area contributed by atoms with Crippen molar-refractivity contribution in [1.82, 2.24) is 4.90 Å². The molecule has 1 aliphatic heterocycles. The predicted molar refractivity (Wildman–Crippen MR) is 97.9 cm³/mol. The topological polar surface area (TPSA) is 29.5 Å². The first-order valence-corrected chi connectivity index (χ1v) is 9.48. The third-order valence-electron chi connectivity index (χ3n) is 5.26. The molecule has 1 amide bonds. The zero-order chi connectivity index (χ0) is 17.4. The Morgan fingerprint density at radius 3 is 2.79 bits per heavy atom. The second-order valence-corrected chi connectivity index (χ2v) is 8.35. The summed E-state index contributed by atoms with van der Waals surface area (Å²) in [4.78, 5) is 14.7. The Balaban J connectivity index is 1.51. The lowest BCUT2D eigenvalue weighted by Gasteiger charge is -2.34. The molecule has 5 heteroatoms. The number of carbonyl (C=O) groups is 1. The number of nitrogens with zero attached hydrogens (tertiary/aromatic N) is 1. The summed E-state index contributed by atoms with van der Waals surface area (Å²) >= 11 is 12.2. The number of benzene rings is 1. The SMILES string of the molecule is Cc1cc(OCC(C)CC(=O)N2CC3CC3CC2C)c(Cl)cc1Cl. The lowest BCUT2D eigenvalue weighted by molar-refractivity contribution is -0.135. The number of piperidine rings is 1. The summed E-state index contributed by atoms with van der Waals surface area (Å²) in [5.74, 6) is 2.66. The van der Waals surface area contributed by atoms with E-state index in [0.717, 1.165) is 23.9 Å². The van der Waals surface area contributed by atoms with Crippen molar-refractivity contribution in [3.05, 3.63) is 27.7 Å². The maximum atomic E-state index is 12.6. The zero-order valence-electron chi connectivity index (χ0n) is 14.5. The highest BCUT2D eigenvalue weighted by atomic mass is 35.5. The third kappa shape index (κ3) is 4.00. The Labute approximate surface area is 154 Å². The highest BCUT2D eigenvalue weighted by Crippen LogP contribution is 2.47. The molecule has 24 heavy (non-hydrogen) atoms. The minimum absolute atomic E-state index is 0.147. The average molecular weight is 370 g/mol. The van der Waals surface area contributed by atoms with Gasteiger partial charge in [0.05, 0.1) is 11.6 Å². The van der Waals surface area contributed by atoms with E-state index in [1.165, 1.54) is 12.8 Å². The number of ether oxygens (including phenoxy) is 1. The number of halogens is 2. The first-order valence-electron chi connectivity index (χ1n) is 8.73. The summed E-state index contributed by atoms with van der Waals surface area (Å²) in [7, 11) is 0. The Morgan fingerprint density at radius 2 is 2.04 bits per heavy atom. The molecule has 2 aliphatic rings. The van der Waals surface area contributed by atoms with Crippen molar-refractivity contribution in [3.8, 4) is 5.75 Å². The van der Waals surface area contributed by atoms with Gasteiger partial charge in [0.2, 0.25) is 5.91 Å². The Morgan fingerprint density at radius 1 is 1.29 bits per heavy atom. The molecule has 3 rings (SSSR count). The number of fused-ring (bicyclic) bond motifs is 1. The van der Waals surface area contributed by atoms with E-state index in [1.807, 2.05) is 19.9 Å². The molecule has 1 aliphatic carbocycles. The van der Waals surface area contributed by atoms with Crippen molar-refractivity contribution in [2.75, 3.05) is 13.2 Å². The molecule has 3 nitrogen and oxygen atoms in total. The normalized spacial score (nSPS) is 26.7. The highest BCUT2D eigenvalue weighted by Gasteiger charge is 2.45.